The van der Waals surface area contributed by atoms with Crippen molar-refractivity contribution < 1.29 is 18.1 Å². The van der Waals surface area contributed by atoms with E-state index in [0.717, 1.165) is 17.0 Å². The summed E-state index contributed by atoms with van der Waals surface area (Å²) in [6.07, 6.45) is 9.48. The van der Waals surface area contributed by atoms with Gasteiger partial charge in [-0.1, -0.05) is 75.2 Å². The van der Waals surface area contributed by atoms with Crippen LogP contribution in [0.25, 0.3) is 0 Å². The lowest BCUT2D eigenvalue weighted by Crippen LogP contribution is -2.04. The van der Waals surface area contributed by atoms with E-state index in [4.69, 9.17) is 16.2 Å². The Labute approximate surface area is 145 Å². The SMILES string of the molecule is CCCCCCCCC(CO)c1ccccc1Cl.CS(=O)(=O)O. The number of benzene rings is 1. The van der Waals surface area contributed by atoms with Crippen molar-refractivity contribution in [3.63, 3.8) is 0 Å². The topological polar surface area (TPSA) is 74.6 Å². The van der Waals surface area contributed by atoms with Crippen LogP contribution in [0.15, 0.2) is 24.3 Å². The Morgan fingerprint density at radius 1 is 1.09 bits per heavy atom. The molecule has 0 aliphatic rings. The Bertz CT molecular complexity index is 509. The van der Waals surface area contributed by atoms with E-state index in [2.05, 4.69) is 6.92 Å². The van der Waals surface area contributed by atoms with E-state index >= 15 is 0 Å². The summed E-state index contributed by atoms with van der Waals surface area (Å²) in [7, 11) is -3.67. The van der Waals surface area contributed by atoms with E-state index in [1.165, 1.54) is 38.5 Å². The van der Waals surface area contributed by atoms with Crippen LogP contribution in [0.3, 0.4) is 0 Å². The van der Waals surface area contributed by atoms with Gasteiger partial charge in [0, 0.05) is 17.5 Å². The fourth-order valence-electron chi connectivity index (χ4n) is 2.32. The summed E-state index contributed by atoms with van der Waals surface area (Å²) < 4.78 is 25.9. The molecule has 0 bridgehead atoms. The summed E-state index contributed by atoms with van der Waals surface area (Å²) in [5.74, 6) is 0.199. The number of aliphatic hydroxyl groups is 1. The molecule has 0 heterocycles. The minimum Gasteiger partial charge on any atom is -0.396 e. The third kappa shape index (κ3) is 13.5. The van der Waals surface area contributed by atoms with Gasteiger partial charge in [0.05, 0.1) is 6.26 Å². The van der Waals surface area contributed by atoms with Crippen molar-refractivity contribution in [1.29, 1.82) is 0 Å². The summed E-state index contributed by atoms with van der Waals surface area (Å²) in [5, 5.41) is 10.3. The molecule has 0 fully saturated rings. The molecule has 0 spiro atoms. The van der Waals surface area contributed by atoms with Gasteiger partial charge in [-0.05, 0) is 18.1 Å². The van der Waals surface area contributed by atoms with Gasteiger partial charge in [0.25, 0.3) is 10.1 Å². The van der Waals surface area contributed by atoms with Gasteiger partial charge in [-0.25, -0.2) is 0 Å². The molecule has 1 rings (SSSR count). The van der Waals surface area contributed by atoms with Gasteiger partial charge in [-0.15, -0.1) is 0 Å². The van der Waals surface area contributed by atoms with Gasteiger partial charge in [0.2, 0.25) is 0 Å². The minimum atomic E-state index is -3.67. The Morgan fingerprint density at radius 3 is 2.13 bits per heavy atom. The maximum atomic E-state index is 9.49. The molecule has 0 aliphatic carbocycles. The fraction of sp³-hybridized carbons (Fsp3) is 0.647. The highest BCUT2D eigenvalue weighted by molar-refractivity contribution is 7.85. The highest BCUT2D eigenvalue weighted by Crippen LogP contribution is 2.28. The van der Waals surface area contributed by atoms with Crippen molar-refractivity contribution in [2.24, 2.45) is 0 Å². The van der Waals surface area contributed by atoms with Crippen LogP contribution in [0, 0.1) is 0 Å². The number of aliphatic hydroxyl groups excluding tert-OH is 1. The lowest BCUT2D eigenvalue weighted by atomic mass is 9.93. The Kier molecular flexibility index (Phi) is 12.4. The first-order chi connectivity index (χ1) is 10.8. The zero-order chi connectivity index (χ0) is 17.7. The van der Waals surface area contributed by atoms with Gasteiger partial charge in [-0.3, -0.25) is 4.55 Å². The monoisotopic (exact) mass is 364 g/mol. The third-order valence-corrected chi connectivity index (χ3v) is 3.82. The van der Waals surface area contributed by atoms with E-state index < -0.39 is 10.1 Å². The molecular weight excluding hydrogens is 336 g/mol. The van der Waals surface area contributed by atoms with Gasteiger partial charge < -0.3 is 5.11 Å². The molecule has 2 N–H and O–H groups in total. The largest absolute Gasteiger partial charge is 0.396 e. The molecule has 0 aliphatic heterocycles. The van der Waals surface area contributed by atoms with Gasteiger partial charge in [0.1, 0.15) is 0 Å². The summed E-state index contributed by atoms with van der Waals surface area (Å²) in [6, 6.07) is 7.86. The molecule has 0 aromatic heterocycles. The van der Waals surface area contributed by atoms with Gasteiger partial charge >= 0.3 is 0 Å². The van der Waals surface area contributed by atoms with Crippen LogP contribution in [-0.2, 0) is 10.1 Å². The van der Waals surface area contributed by atoms with Crippen LogP contribution in [0.1, 0.15) is 63.4 Å². The lowest BCUT2D eigenvalue weighted by molar-refractivity contribution is 0.256. The number of hydrogen-bond donors (Lipinski definition) is 2. The molecular formula is C17H29ClO4S. The number of hydrogen-bond acceptors (Lipinski definition) is 3. The zero-order valence-corrected chi connectivity index (χ0v) is 15.6. The average molecular weight is 365 g/mol. The summed E-state index contributed by atoms with van der Waals surface area (Å²) >= 11 is 6.17. The van der Waals surface area contributed by atoms with Crippen molar-refractivity contribution in [2.45, 2.75) is 57.8 Å². The first kappa shape index (κ1) is 22.4. The van der Waals surface area contributed by atoms with E-state index in [1.807, 2.05) is 24.3 Å². The number of unbranched alkanes of at least 4 members (excludes halogenated alkanes) is 5. The zero-order valence-electron chi connectivity index (χ0n) is 14.0. The van der Waals surface area contributed by atoms with Crippen LogP contribution < -0.4 is 0 Å². The van der Waals surface area contributed by atoms with E-state index in [-0.39, 0.29) is 12.5 Å². The maximum Gasteiger partial charge on any atom is 0.261 e. The second-order valence-electron chi connectivity index (χ2n) is 5.69. The molecule has 0 radical (unpaired) electrons. The minimum absolute atomic E-state index is 0.193. The molecule has 1 atom stereocenters. The van der Waals surface area contributed by atoms with E-state index in [0.29, 0.717) is 6.26 Å². The molecule has 0 amide bonds. The standard InChI is InChI=1S/C16H25ClO.CH4O3S/c1-2-3-4-5-6-7-10-14(13-18)15-11-8-9-12-16(15)17;1-5(2,3)4/h8-9,11-12,14,18H,2-7,10,13H2,1H3;1H3,(H,2,3,4). The second kappa shape index (κ2) is 12.8. The molecule has 23 heavy (non-hydrogen) atoms. The van der Waals surface area contributed by atoms with E-state index in [1.54, 1.807) is 0 Å². The first-order valence-electron chi connectivity index (χ1n) is 8.07. The number of halogens is 1. The Morgan fingerprint density at radius 2 is 1.61 bits per heavy atom. The van der Waals surface area contributed by atoms with Crippen LogP contribution in [-0.4, -0.2) is 30.9 Å². The van der Waals surface area contributed by atoms with Crippen LogP contribution >= 0.6 is 11.6 Å². The highest BCUT2D eigenvalue weighted by atomic mass is 35.5. The molecule has 0 saturated carbocycles. The molecule has 0 saturated heterocycles. The molecule has 134 valence electrons. The number of rotatable bonds is 9. The van der Waals surface area contributed by atoms with Gasteiger partial charge in [-0.2, -0.15) is 8.42 Å². The van der Waals surface area contributed by atoms with Crippen molar-refractivity contribution in [1.82, 2.24) is 0 Å². The lowest BCUT2D eigenvalue weighted by Gasteiger charge is -2.15. The quantitative estimate of drug-likeness (QED) is 0.493. The Balaban J connectivity index is 0.000000841. The summed E-state index contributed by atoms with van der Waals surface area (Å²) in [5.41, 5.74) is 1.09. The van der Waals surface area contributed by atoms with Crippen molar-refractivity contribution >= 4 is 21.7 Å². The Hall–Kier alpha value is -0.620. The predicted molar refractivity (Wildman–Crippen MR) is 96.7 cm³/mol. The van der Waals surface area contributed by atoms with Crippen LogP contribution in [0.4, 0.5) is 0 Å². The predicted octanol–water partition coefficient (Wildman–Crippen LogP) is 4.67. The average Bonchev–Trinajstić information content (AvgIpc) is 2.46. The smallest absolute Gasteiger partial charge is 0.261 e. The summed E-state index contributed by atoms with van der Waals surface area (Å²) in [4.78, 5) is 0. The molecule has 1 aromatic rings. The molecule has 4 nitrogen and oxygen atoms in total. The normalized spacial score (nSPS) is 12.4. The maximum absolute atomic E-state index is 9.49. The van der Waals surface area contributed by atoms with E-state index in [9.17, 15) is 13.5 Å². The van der Waals surface area contributed by atoms with Crippen molar-refractivity contribution in [2.75, 3.05) is 12.9 Å². The molecule has 1 aromatic carbocycles. The van der Waals surface area contributed by atoms with Crippen molar-refractivity contribution in [3.8, 4) is 0 Å². The molecule has 1 unspecified atom stereocenters. The van der Waals surface area contributed by atoms with Crippen molar-refractivity contribution in [3.05, 3.63) is 34.9 Å². The first-order valence-corrected chi connectivity index (χ1v) is 10.3. The highest BCUT2D eigenvalue weighted by Gasteiger charge is 2.12. The van der Waals surface area contributed by atoms with Gasteiger partial charge in [0.15, 0.2) is 0 Å². The third-order valence-electron chi connectivity index (χ3n) is 3.47. The molecule has 6 heteroatoms. The summed E-state index contributed by atoms with van der Waals surface area (Å²) in [6.45, 7) is 2.43. The second-order valence-corrected chi connectivity index (χ2v) is 7.56. The fourth-order valence-corrected chi connectivity index (χ4v) is 2.61. The van der Waals surface area contributed by atoms with Crippen LogP contribution in [0.2, 0.25) is 5.02 Å². The van der Waals surface area contributed by atoms with Crippen LogP contribution in [0.5, 0.6) is 0 Å².